The molecular formula is C42H61NO3. The Bertz CT molecular complexity index is 1280. The van der Waals surface area contributed by atoms with Gasteiger partial charge in [-0.25, -0.2) is 0 Å². The average molecular weight is 628 g/mol. The van der Waals surface area contributed by atoms with E-state index in [-0.39, 0.29) is 5.78 Å². The lowest BCUT2D eigenvalue weighted by Gasteiger charge is -2.33. The lowest BCUT2D eigenvalue weighted by Crippen LogP contribution is -2.37. The first kappa shape index (κ1) is 38.8. The Labute approximate surface area is 281 Å². The second-order valence-corrected chi connectivity index (χ2v) is 12.9. The molecule has 1 heterocycles. The largest absolute Gasteiger partial charge is 0.496 e. The molecule has 0 radical (unpaired) electrons. The van der Waals surface area contributed by atoms with Crippen molar-refractivity contribution < 1.29 is 14.3 Å². The van der Waals surface area contributed by atoms with Crippen molar-refractivity contribution in [3.05, 3.63) is 96.1 Å². The first-order valence-electron chi connectivity index (χ1n) is 17.6. The monoisotopic (exact) mass is 627 g/mol. The first-order valence-corrected chi connectivity index (χ1v) is 17.6. The quantitative estimate of drug-likeness (QED) is 0.167. The third kappa shape index (κ3) is 14.4. The van der Waals surface area contributed by atoms with Crippen LogP contribution in [-0.4, -0.2) is 37.4 Å². The summed E-state index contributed by atoms with van der Waals surface area (Å²) in [5, 5.41) is 0. The van der Waals surface area contributed by atoms with E-state index in [2.05, 4.69) is 46.1 Å². The first-order chi connectivity index (χ1) is 22.2. The number of carbonyl (C=O) groups is 1. The van der Waals surface area contributed by atoms with Crippen LogP contribution in [-0.2, 0) is 6.42 Å². The van der Waals surface area contributed by atoms with Gasteiger partial charge in [-0.05, 0) is 98.9 Å². The summed E-state index contributed by atoms with van der Waals surface area (Å²) in [6.45, 7) is 21.1. The van der Waals surface area contributed by atoms with Crippen LogP contribution in [0, 0.1) is 11.8 Å². The molecule has 1 aliphatic heterocycles. The maximum Gasteiger partial charge on any atom is 0.163 e. The molecule has 0 aromatic heterocycles. The van der Waals surface area contributed by atoms with Crippen LogP contribution in [0.5, 0.6) is 17.2 Å². The van der Waals surface area contributed by atoms with E-state index in [1.165, 1.54) is 38.9 Å². The highest BCUT2D eigenvalue weighted by atomic mass is 16.5. The number of hydrogen-bond donors (Lipinski definition) is 0. The van der Waals surface area contributed by atoms with Gasteiger partial charge >= 0.3 is 0 Å². The molecule has 46 heavy (non-hydrogen) atoms. The van der Waals surface area contributed by atoms with Crippen molar-refractivity contribution in [1.82, 2.24) is 4.90 Å². The van der Waals surface area contributed by atoms with Crippen molar-refractivity contribution in [3.63, 3.8) is 0 Å². The number of ether oxygens (including phenoxy) is 2. The Morgan fingerprint density at radius 2 is 1.61 bits per heavy atom. The van der Waals surface area contributed by atoms with Gasteiger partial charge in [0, 0.05) is 30.6 Å². The molecule has 1 aliphatic rings. The van der Waals surface area contributed by atoms with Crippen LogP contribution in [0.4, 0.5) is 0 Å². The predicted molar refractivity (Wildman–Crippen MR) is 197 cm³/mol. The highest BCUT2D eigenvalue weighted by Gasteiger charge is 2.18. The number of nitrogens with zero attached hydrogens (tertiary/aromatic N) is 1. The van der Waals surface area contributed by atoms with E-state index < -0.39 is 0 Å². The Morgan fingerprint density at radius 1 is 0.913 bits per heavy atom. The zero-order valence-corrected chi connectivity index (χ0v) is 29.9. The SMILES string of the molecule is C=C(C)c1ccccc1OC.CCC1CCCN(CC(C)C)C1.CCCCC(=O)c1cc(Oc2ccccc2)ccc1CCCC. The number of likely N-dealkylation sites (tertiary alicyclic amines) is 1. The van der Waals surface area contributed by atoms with Crippen molar-refractivity contribution in [1.29, 1.82) is 0 Å². The fraction of sp³-hybridized carbons (Fsp3) is 0.500. The van der Waals surface area contributed by atoms with Gasteiger partial charge in [0.25, 0.3) is 0 Å². The summed E-state index contributed by atoms with van der Waals surface area (Å²) in [6.07, 6.45) is 10.0. The van der Waals surface area contributed by atoms with Crippen LogP contribution in [0.15, 0.2) is 79.4 Å². The van der Waals surface area contributed by atoms with Gasteiger partial charge in [-0.3, -0.25) is 4.79 Å². The van der Waals surface area contributed by atoms with E-state index in [0.717, 1.165) is 83.5 Å². The molecule has 1 fully saturated rings. The Hall–Kier alpha value is -3.37. The zero-order valence-electron chi connectivity index (χ0n) is 29.9. The van der Waals surface area contributed by atoms with Crippen molar-refractivity contribution >= 4 is 11.4 Å². The zero-order chi connectivity index (χ0) is 33.7. The molecule has 4 heteroatoms. The lowest BCUT2D eigenvalue weighted by atomic mass is 9.95. The molecule has 252 valence electrons. The number of rotatable bonds is 14. The molecule has 0 amide bonds. The van der Waals surface area contributed by atoms with E-state index in [1.54, 1.807) is 7.11 Å². The van der Waals surface area contributed by atoms with Gasteiger partial charge in [0.2, 0.25) is 0 Å². The second-order valence-electron chi connectivity index (χ2n) is 12.9. The van der Waals surface area contributed by atoms with Crippen LogP contribution >= 0.6 is 0 Å². The summed E-state index contributed by atoms with van der Waals surface area (Å²) in [5.74, 6) is 4.46. The molecular weight excluding hydrogens is 566 g/mol. The minimum absolute atomic E-state index is 0.233. The van der Waals surface area contributed by atoms with Gasteiger partial charge in [-0.2, -0.15) is 0 Å². The lowest BCUT2D eigenvalue weighted by molar-refractivity contribution is 0.0978. The van der Waals surface area contributed by atoms with E-state index in [9.17, 15) is 4.79 Å². The van der Waals surface area contributed by atoms with Gasteiger partial charge < -0.3 is 14.4 Å². The second kappa shape index (κ2) is 22.2. The molecule has 3 aromatic carbocycles. The molecule has 0 aliphatic carbocycles. The summed E-state index contributed by atoms with van der Waals surface area (Å²) in [7, 11) is 1.67. The number of unbranched alkanes of at least 4 members (excludes halogenated alkanes) is 2. The number of para-hydroxylation sites is 2. The third-order valence-corrected chi connectivity index (χ3v) is 8.29. The minimum Gasteiger partial charge on any atom is -0.496 e. The summed E-state index contributed by atoms with van der Waals surface area (Å²) in [4.78, 5) is 15.2. The van der Waals surface area contributed by atoms with E-state index in [1.807, 2.05) is 79.7 Å². The third-order valence-electron chi connectivity index (χ3n) is 8.29. The van der Waals surface area contributed by atoms with Crippen molar-refractivity contribution in [3.8, 4) is 17.2 Å². The average Bonchev–Trinajstić information content (AvgIpc) is 3.07. The number of piperidine rings is 1. The number of benzene rings is 3. The molecule has 0 spiro atoms. The Kier molecular flexibility index (Phi) is 18.7. The fourth-order valence-electron chi connectivity index (χ4n) is 5.72. The summed E-state index contributed by atoms with van der Waals surface area (Å²) < 4.78 is 11.0. The van der Waals surface area contributed by atoms with Crippen molar-refractivity contribution in [2.45, 2.75) is 99.3 Å². The molecule has 1 saturated heterocycles. The fourth-order valence-corrected chi connectivity index (χ4v) is 5.72. The molecule has 1 atom stereocenters. The molecule has 0 bridgehead atoms. The smallest absolute Gasteiger partial charge is 0.163 e. The van der Waals surface area contributed by atoms with Crippen LogP contribution in [0.3, 0.4) is 0 Å². The number of carbonyl (C=O) groups excluding carboxylic acids is 1. The van der Waals surface area contributed by atoms with E-state index >= 15 is 0 Å². The molecule has 3 aromatic rings. The Balaban J connectivity index is 0.000000268. The van der Waals surface area contributed by atoms with Gasteiger partial charge in [0.05, 0.1) is 7.11 Å². The Morgan fingerprint density at radius 3 is 2.22 bits per heavy atom. The minimum atomic E-state index is 0.233. The number of aryl methyl sites for hydroxylation is 1. The van der Waals surface area contributed by atoms with Crippen molar-refractivity contribution in [2.24, 2.45) is 11.8 Å². The molecule has 1 unspecified atom stereocenters. The van der Waals surface area contributed by atoms with E-state index in [4.69, 9.17) is 9.47 Å². The van der Waals surface area contributed by atoms with Gasteiger partial charge in [0.15, 0.2) is 5.78 Å². The standard InChI is InChI=1S/C21H26O2.C11H23N.C10H12O/c1-3-5-10-17-14-15-19(23-18-11-8-7-9-12-18)16-20(17)21(22)13-6-4-2;1-4-11-6-5-7-12(9-11)8-10(2)3;1-8(2)9-6-4-5-7-10(9)11-3/h7-9,11-12,14-16H,3-6,10,13H2,1-2H3;10-11H,4-9H2,1-3H3;4-7H,1H2,2-3H3. The van der Waals surface area contributed by atoms with Crippen LogP contribution in [0.25, 0.3) is 5.57 Å². The highest BCUT2D eigenvalue weighted by Crippen LogP contribution is 2.26. The number of hydrogen-bond acceptors (Lipinski definition) is 4. The maximum atomic E-state index is 12.5. The number of allylic oxidation sites excluding steroid dienone is 1. The number of methoxy groups -OCH3 is 1. The van der Waals surface area contributed by atoms with Crippen LogP contribution in [0.2, 0.25) is 0 Å². The van der Waals surface area contributed by atoms with Crippen LogP contribution < -0.4 is 9.47 Å². The van der Waals surface area contributed by atoms with Gasteiger partial charge in [0.1, 0.15) is 17.2 Å². The molecule has 4 nitrogen and oxygen atoms in total. The number of ketones is 1. The van der Waals surface area contributed by atoms with Crippen molar-refractivity contribution in [2.75, 3.05) is 26.7 Å². The summed E-state index contributed by atoms with van der Waals surface area (Å²) in [5.41, 5.74) is 4.09. The van der Waals surface area contributed by atoms with Gasteiger partial charge in [-0.1, -0.05) is 103 Å². The molecule has 0 saturated carbocycles. The maximum absolute atomic E-state index is 12.5. The summed E-state index contributed by atoms with van der Waals surface area (Å²) in [6, 6.07) is 23.5. The van der Waals surface area contributed by atoms with Crippen LogP contribution in [0.1, 0.15) is 114 Å². The molecule has 4 rings (SSSR count). The highest BCUT2D eigenvalue weighted by molar-refractivity contribution is 5.97. The topological polar surface area (TPSA) is 38.8 Å². The van der Waals surface area contributed by atoms with Gasteiger partial charge in [-0.15, -0.1) is 0 Å². The van der Waals surface area contributed by atoms with E-state index in [0.29, 0.717) is 6.42 Å². The summed E-state index contributed by atoms with van der Waals surface area (Å²) >= 11 is 0. The normalized spacial score (nSPS) is 14.4. The molecule has 0 N–H and O–H groups in total. The number of Topliss-reactive ketones (excluding diaryl/α,β-unsaturated/α-hetero) is 1. The predicted octanol–water partition coefficient (Wildman–Crippen LogP) is 11.7.